The smallest absolute Gasteiger partial charge is 0.0195 e. The topological polar surface area (TPSA) is 25.3 Å². The third-order valence-corrected chi connectivity index (χ3v) is 9.50. The Kier molecular flexibility index (Phi) is 8.66. The van der Waals surface area contributed by atoms with Gasteiger partial charge in [-0.1, -0.05) is 13.0 Å². The van der Waals surface area contributed by atoms with Crippen molar-refractivity contribution >= 4 is 17.1 Å². The van der Waals surface area contributed by atoms with Gasteiger partial charge in [-0.05, 0) is 91.8 Å². The van der Waals surface area contributed by atoms with Gasteiger partial charge in [0.1, 0.15) is 0 Å². The first-order chi connectivity index (χ1) is 21.0. The van der Waals surface area contributed by atoms with Crippen LogP contribution in [0.4, 0.5) is 11.4 Å². The van der Waals surface area contributed by atoms with E-state index in [0.29, 0.717) is 11.3 Å². The van der Waals surface area contributed by atoms with Gasteiger partial charge in [0.2, 0.25) is 0 Å². The molecule has 5 nitrogen and oxygen atoms in total. The molecule has 8 aliphatic rings. The molecule has 0 spiro atoms. The molecule has 0 saturated heterocycles. The summed E-state index contributed by atoms with van der Waals surface area (Å²) in [4.78, 5) is 12.9. The first kappa shape index (κ1) is 30.2. The van der Waals surface area contributed by atoms with Gasteiger partial charge in [0.15, 0.2) is 0 Å². The van der Waals surface area contributed by atoms with Gasteiger partial charge in [-0.3, -0.25) is 0 Å². The molecule has 0 aromatic heterocycles. The van der Waals surface area contributed by atoms with Crippen LogP contribution in [0, 0.1) is 54.7 Å². The van der Waals surface area contributed by atoms with E-state index in [2.05, 4.69) is 49.5 Å². The number of hydrogen-bond donors (Lipinski definition) is 0. The number of allylic oxidation sites excluding steroid dienone is 3. The number of aliphatic imine (C=N–C) groups is 1. The molecule has 2 saturated carbocycles. The van der Waals surface area contributed by atoms with Crippen molar-refractivity contribution < 1.29 is 20.1 Å². The average molecular weight is 755 g/mol. The normalized spacial score (nSPS) is 26.3. The molecule has 227 valence electrons. The van der Waals surface area contributed by atoms with Crippen molar-refractivity contribution in [1.82, 2.24) is 9.80 Å². The Balaban J connectivity index is 0.000000121. The Hall–Kier alpha value is -3.86. The molecule has 3 aromatic carbocycles. The molecule has 1 radical (unpaired) electrons. The minimum Gasteiger partial charge on any atom is -0.510 e. The van der Waals surface area contributed by atoms with E-state index in [1.807, 2.05) is 132 Å². The molecule has 4 aliphatic heterocycles. The summed E-state index contributed by atoms with van der Waals surface area (Å²) in [5, 5.41) is 0. The Bertz CT molecular complexity index is 1530. The Labute approximate surface area is 275 Å². The second-order valence-corrected chi connectivity index (χ2v) is 12.1. The fourth-order valence-electron chi connectivity index (χ4n) is 7.13. The second kappa shape index (κ2) is 12.6. The minimum atomic E-state index is 0. The van der Waals surface area contributed by atoms with Gasteiger partial charge in [-0.2, -0.15) is 74.0 Å². The van der Waals surface area contributed by atoms with E-state index < -0.39 is 0 Å². The van der Waals surface area contributed by atoms with Crippen LogP contribution in [-0.2, 0) is 20.1 Å². The van der Waals surface area contributed by atoms with Gasteiger partial charge in [0.25, 0.3) is 0 Å². The van der Waals surface area contributed by atoms with Gasteiger partial charge in [-0.15, -0.1) is 47.3 Å². The van der Waals surface area contributed by atoms with Crippen LogP contribution in [0.5, 0.6) is 0 Å². The fraction of sp³-hybridized carbons (Fsp3) is 0.237. The predicted molar refractivity (Wildman–Crippen MR) is 174 cm³/mol. The van der Waals surface area contributed by atoms with Crippen molar-refractivity contribution in [2.24, 2.45) is 28.2 Å². The number of para-hydroxylation sites is 2. The molecule has 4 atom stereocenters. The molecule has 6 bridgehead atoms. The van der Waals surface area contributed by atoms with Gasteiger partial charge in [-0.25, -0.2) is 0 Å². The summed E-state index contributed by atoms with van der Waals surface area (Å²) in [5.74, 6) is 2.15. The first-order valence-electron chi connectivity index (χ1n) is 15.0. The third-order valence-electron chi connectivity index (χ3n) is 9.50. The zero-order chi connectivity index (χ0) is 29.4. The van der Waals surface area contributed by atoms with Crippen LogP contribution in [-0.4, -0.2) is 29.6 Å². The molecule has 0 N–H and O–H groups in total. The number of hydrogen-bond acceptors (Lipinski definition) is 5. The van der Waals surface area contributed by atoms with Gasteiger partial charge in [0, 0.05) is 26.3 Å². The summed E-state index contributed by atoms with van der Waals surface area (Å²) in [7, 11) is 4.00. The molecule has 2 fully saturated rings. The van der Waals surface area contributed by atoms with Crippen molar-refractivity contribution in [3.8, 4) is 0 Å². The molecule has 4 unspecified atom stereocenters. The van der Waals surface area contributed by atoms with E-state index in [-0.39, 0.29) is 20.1 Å². The molecular weight excluding hydrogens is 719 g/mol. The Morgan fingerprint density at radius 3 is 1.89 bits per heavy atom. The third kappa shape index (κ3) is 5.58. The van der Waals surface area contributed by atoms with Crippen LogP contribution in [0.15, 0.2) is 126 Å². The van der Waals surface area contributed by atoms with Crippen molar-refractivity contribution in [1.29, 1.82) is 0 Å². The summed E-state index contributed by atoms with van der Waals surface area (Å²) in [5.41, 5.74) is 8.10. The van der Waals surface area contributed by atoms with Crippen molar-refractivity contribution in [3.63, 3.8) is 0 Å². The summed E-state index contributed by atoms with van der Waals surface area (Å²) in [6.07, 6.45) is 15.4. The first-order valence-corrected chi connectivity index (χ1v) is 15.0. The minimum absolute atomic E-state index is 0. The van der Waals surface area contributed by atoms with E-state index in [4.69, 9.17) is 4.99 Å². The van der Waals surface area contributed by atoms with Crippen molar-refractivity contribution in [3.05, 3.63) is 158 Å². The number of fused-ring (bicyclic) bond motifs is 1. The maximum Gasteiger partial charge on any atom is 0.0195 e. The van der Waals surface area contributed by atoms with Crippen LogP contribution in [0.3, 0.4) is 0 Å². The predicted octanol–water partition coefficient (Wildman–Crippen LogP) is 7.43. The summed E-state index contributed by atoms with van der Waals surface area (Å²) in [6.45, 7) is 6.50. The number of nitrogens with zero attached hydrogens (tertiary/aromatic N) is 5. The monoisotopic (exact) mass is 755 g/mol. The van der Waals surface area contributed by atoms with E-state index in [9.17, 15) is 0 Å². The second-order valence-electron chi connectivity index (χ2n) is 12.1. The number of rotatable bonds is 3. The largest absolute Gasteiger partial charge is 0.510 e. The molecule has 0 amide bonds. The average Bonchev–Trinajstić information content (AvgIpc) is 3.63. The van der Waals surface area contributed by atoms with E-state index in [1.54, 1.807) is 5.57 Å². The molecule has 44 heavy (non-hydrogen) atoms. The molecule has 6 heteroatoms. The van der Waals surface area contributed by atoms with Crippen LogP contribution < -0.4 is 9.80 Å². The van der Waals surface area contributed by atoms with Crippen molar-refractivity contribution in [2.45, 2.75) is 19.8 Å². The van der Waals surface area contributed by atoms with Crippen LogP contribution >= 0.6 is 0 Å². The summed E-state index contributed by atoms with van der Waals surface area (Å²) in [6, 6.07) is 33.7. The van der Waals surface area contributed by atoms with Crippen LogP contribution in [0.2, 0.25) is 0 Å². The maximum atomic E-state index is 4.85. The van der Waals surface area contributed by atoms with E-state index >= 15 is 0 Å². The summed E-state index contributed by atoms with van der Waals surface area (Å²) < 4.78 is 0. The van der Waals surface area contributed by atoms with Gasteiger partial charge in [0.05, 0.1) is 0 Å². The Morgan fingerprint density at radius 2 is 1.39 bits per heavy atom. The van der Waals surface area contributed by atoms with Crippen LogP contribution in [0.25, 0.3) is 0 Å². The van der Waals surface area contributed by atoms with E-state index in [0.717, 1.165) is 23.2 Å². The fourth-order valence-corrected chi connectivity index (χ4v) is 7.13. The quantitative estimate of drug-likeness (QED) is 0.260. The standard InChI is InChI=1S/C18H16N.2C10H10N2.Ir/c1-18-13-7-12-8-16(18)17(11-5-3-2-4-6-11)19-10-14(12)15(18)9-13;2*1-11-7-8-12(9-11)10-5-3-2-4-6-10;/h2-5,8,10,13,15-16H,7,9H2,1H3;2*2-5,7-9H,1H3;/q-1;2*-2;. The molecular formula is C38H36IrN5-5. The molecule has 4 heterocycles. The zero-order valence-electron chi connectivity index (χ0n) is 25.3. The van der Waals surface area contributed by atoms with E-state index in [1.165, 1.54) is 29.7 Å². The van der Waals surface area contributed by atoms with Gasteiger partial charge >= 0.3 is 0 Å². The summed E-state index contributed by atoms with van der Waals surface area (Å²) >= 11 is 0. The zero-order valence-corrected chi connectivity index (χ0v) is 27.7. The molecule has 4 aliphatic carbocycles. The Morgan fingerprint density at radius 1 is 0.795 bits per heavy atom. The maximum absolute atomic E-state index is 4.85. The van der Waals surface area contributed by atoms with Crippen LogP contribution in [0.1, 0.15) is 25.3 Å². The number of anilines is 2. The molecule has 3 aromatic rings. The van der Waals surface area contributed by atoms with Crippen molar-refractivity contribution in [2.75, 3.05) is 23.9 Å². The molecule has 11 rings (SSSR count). The number of benzene rings is 3. The van der Waals surface area contributed by atoms with Gasteiger partial charge < -0.3 is 24.6 Å². The SMILES string of the molecule is CC12C3CC4=CC1C(c1[c-]cccc1)=NC=C4C2C3.CN1C=CN(c2[c-]cccc2)[CH-]1.CN1C=CN(c2[c-]cccc2)[CH-]1.[Ir].